The van der Waals surface area contributed by atoms with Crippen molar-refractivity contribution in [1.29, 1.82) is 0 Å². The summed E-state index contributed by atoms with van der Waals surface area (Å²) in [7, 11) is -11.7. The first kappa shape index (κ1) is 17.9. The Labute approximate surface area is 108 Å². The molecule has 12 heteroatoms. The van der Waals surface area contributed by atoms with Crippen LogP contribution in [0.25, 0.3) is 0 Å². The van der Waals surface area contributed by atoms with Crippen LogP contribution >= 0.6 is 11.6 Å². The van der Waals surface area contributed by atoms with Crippen LogP contribution in [0.4, 0.5) is 8.78 Å². The van der Waals surface area contributed by atoms with Gasteiger partial charge in [0.05, 0.1) is 12.0 Å². The van der Waals surface area contributed by atoms with Gasteiger partial charge >= 0.3 is 15.4 Å². The first-order chi connectivity index (χ1) is 7.84. The van der Waals surface area contributed by atoms with Gasteiger partial charge in [-0.25, -0.2) is 0 Å². The third-order valence-electron chi connectivity index (χ3n) is 1.76. The zero-order chi connectivity index (χ0) is 14.8. The molecule has 0 rings (SSSR count). The maximum absolute atomic E-state index is 13.1. The molecule has 0 heterocycles. The molecule has 2 unspecified atom stereocenters. The van der Waals surface area contributed by atoms with Gasteiger partial charge in [0.1, 0.15) is 0 Å². The third kappa shape index (κ3) is 4.55. The highest BCUT2D eigenvalue weighted by atomic mass is 35.5. The molecule has 0 fully saturated rings. The van der Waals surface area contributed by atoms with Crippen molar-refractivity contribution >= 4 is 31.8 Å². The summed E-state index contributed by atoms with van der Waals surface area (Å²) in [6, 6.07) is 0. The zero-order valence-corrected chi connectivity index (χ0v) is 11.3. The van der Waals surface area contributed by atoms with Crippen molar-refractivity contribution in [3.63, 3.8) is 0 Å². The lowest BCUT2D eigenvalue weighted by molar-refractivity contribution is -0.0488. The first-order valence-corrected chi connectivity index (χ1v) is 7.78. The second-order valence-corrected chi connectivity index (χ2v) is 6.79. The smallest absolute Gasteiger partial charge is 0.352 e. The average molecular weight is 333 g/mol. The van der Waals surface area contributed by atoms with Crippen molar-refractivity contribution < 1.29 is 39.5 Å². The number of hydrogen-bond acceptors (Lipinski definition) is 5. The van der Waals surface area contributed by atoms with E-state index in [1.54, 1.807) is 0 Å². The summed E-state index contributed by atoms with van der Waals surface area (Å²) < 4.78 is 89.1. The Kier molecular flexibility index (Phi) is 5.90. The molecular weight excluding hydrogens is 322 g/mol. The fraction of sp³-hybridized carbons (Fsp3) is 1.00. The van der Waals surface area contributed by atoms with Gasteiger partial charge < -0.3 is 4.74 Å². The van der Waals surface area contributed by atoms with Gasteiger partial charge in [-0.3, -0.25) is 9.11 Å². The fourth-order valence-corrected chi connectivity index (χ4v) is 2.50. The predicted molar refractivity (Wildman–Crippen MR) is 57.7 cm³/mol. The van der Waals surface area contributed by atoms with E-state index in [4.69, 9.17) is 20.7 Å². The van der Waals surface area contributed by atoms with Crippen LogP contribution in [0.2, 0.25) is 0 Å². The monoisotopic (exact) mass is 332 g/mol. The van der Waals surface area contributed by atoms with Crippen LogP contribution in [0.15, 0.2) is 0 Å². The van der Waals surface area contributed by atoms with Crippen LogP contribution in [0.5, 0.6) is 0 Å². The third-order valence-corrected chi connectivity index (χ3v) is 4.22. The molecular formula is C6H11ClF2O7S2. The molecule has 0 aromatic heterocycles. The lowest BCUT2D eigenvalue weighted by Crippen LogP contribution is -2.48. The van der Waals surface area contributed by atoms with E-state index in [2.05, 4.69) is 4.74 Å². The van der Waals surface area contributed by atoms with Crippen LogP contribution in [-0.4, -0.2) is 48.6 Å². The molecule has 0 aliphatic carbocycles. The summed E-state index contributed by atoms with van der Waals surface area (Å²) in [5.41, 5.74) is -3.45. The van der Waals surface area contributed by atoms with E-state index in [0.717, 1.165) is 0 Å². The van der Waals surface area contributed by atoms with E-state index in [0.29, 0.717) is 0 Å². The maximum atomic E-state index is 13.1. The molecule has 2 N–H and O–H groups in total. The Morgan fingerprint density at radius 3 is 2.00 bits per heavy atom. The average Bonchev–Trinajstić information content (AvgIpc) is 2.13. The molecule has 110 valence electrons. The van der Waals surface area contributed by atoms with Crippen molar-refractivity contribution in [3.8, 4) is 0 Å². The molecule has 0 spiro atoms. The Bertz CT molecular complexity index is 474. The molecule has 2 atom stereocenters. The molecule has 0 saturated carbocycles. The molecule has 0 saturated heterocycles. The fourth-order valence-electron chi connectivity index (χ4n) is 0.788. The molecule has 0 radical (unpaired) electrons. The lowest BCUT2D eigenvalue weighted by Gasteiger charge is -2.22. The van der Waals surface area contributed by atoms with Gasteiger partial charge in [0.15, 0.2) is 0 Å². The molecule has 0 aliphatic heterocycles. The summed E-state index contributed by atoms with van der Waals surface area (Å²) >= 11 is 5.47. The summed E-state index contributed by atoms with van der Waals surface area (Å²) in [4.78, 5) is 0. The Morgan fingerprint density at radius 1 is 1.28 bits per heavy atom. The molecule has 0 amide bonds. The van der Waals surface area contributed by atoms with Crippen LogP contribution in [0.1, 0.15) is 13.3 Å². The molecule has 0 bridgehead atoms. The number of hydrogen-bond donors (Lipinski definition) is 2. The van der Waals surface area contributed by atoms with Crippen molar-refractivity contribution in [1.82, 2.24) is 0 Å². The number of alkyl halides is 3. The SMILES string of the molecule is CCC(Cl)COC(C(F)(F)S(=O)(=O)O)S(=O)(=O)O. The Morgan fingerprint density at radius 2 is 1.72 bits per heavy atom. The van der Waals surface area contributed by atoms with Gasteiger partial charge in [-0.1, -0.05) is 6.92 Å². The van der Waals surface area contributed by atoms with E-state index >= 15 is 0 Å². The van der Waals surface area contributed by atoms with Crippen molar-refractivity contribution in [3.05, 3.63) is 0 Å². The second-order valence-electron chi connectivity index (χ2n) is 3.22. The normalized spacial score (nSPS) is 17.4. The van der Waals surface area contributed by atoms with Crippen LogP contribution in [-0.2, 0) is 25.0 Å². The minimum atomic E-state index is -6.08. The highest BCUT2D eigenvalue weighted by molar-refractivity contribution is 7.90. The van der Waals surface area contributed by atoms with Gasteiger partial charge in [-0.15, -0.1) is 11.6 Å². The minimum absolute atomic E-state index is 0.219. The molecule has 0 aromatic carbocycles. The number of ether oxygens (including phenoxy) is 1. The van der Waals surface area contributed by atoms with Gasteiger partial charge in [-0.05, 0) is 6.42 Å². The summed E-state index contributed by atoms with van der Waals surface area (Å²) in [6.45, 7) is 0.776. The molecule has 7 nitrogen and oxygen atoms in total. The first-order valence-electron chi connectivity index (χ1n) is 4.40. The minimum Gasteiger partial charge on any atom is -0.352 e. The van der Waals surface area contributed by atoms with Crippen molar-refractivity contribution in [2.24, 2.45) is 0 Å². The zero-order valence-electron chi connectivity index (χ0n) is 8.95. The van der Waals surface area contributed by atoms with Crippen LogP contribution in [0.3, 0.4) is 0 Å². The van der Waals surface area contributed by atoms with Gasteiger partial charge in [-0.2, -0.15) is 25.6 Å². The quantitative estimate of drug-likeness (QED) is 0.520. The number of halogens is 3. The molecule has 0 aromatic rings. The van der Waals surface area contributed by atoms with Gasteiger partial charge in [0.2, 0.25) is 0 Å². The van der Waals surface area contributed by atoms with Crippen LogP contribution in [0, 0.1) is 0 Å². The number of rotatable bonds is 7. The van der Waals surface area contributed by atoms with E-state index in [-0.39, 0.29) is 6.42 Å². The van der Waals surface area contributed by atoms with E-state index in [9.17, 15) is 25.6 Å². The maximum Gasteiger partial charge on any atom is 0.411 e. The van der Waals surface area contributed by atoms with Crippen molar-refractivity contribution in [2.45, 2.75) is 29.4 Å². The van der Waals surface area contributed by atoms with Crippen LogP contribution < -0.4 is 0 Å². The van der Waals surface area contributed by atoms with Gasteiger partial charge in [0, 0.05) is 0 Å². The van der Waals surface area contributed by atoms with Crippen molar-refractivity contribution in [2.75, 3.05) is 6.61 Å². The lowest BCUT2D eigenvalue weighted by atomic mass is 10.3. The van der Waals surface area contributed by atoms with E-state index in [1.807, 2.05) is 0 Å². The Hall–Kier alpha value is -0.0700. The van der Waals surface area contributed by atoms with Gasteiger partial charge in [0.25, 0.3) is 15.6 Å². The second kappa shape index (κ2) is 5.92. The summed E-state index contributed by atoms with van der Waals surface area (Å²) in [6.07, 6.45) is 0.219. The predicted octanol–water partition coefficient (Wildman–Crippen LogP) is 0.715. The van der Waals surface area contributed by atoms with E-state index < -0.39 is 42.9 Å². The Balaban J connectivity index is 5.29. The standard InChI is InChI=1S/C6H11ClF2O7S2/c1-2-4(7)3-16-5(17(10,11)12)6(8,9)18(13,14)15/h4-5H,2-3H2,1H3,(H,10,11,12)(H,13,14,15). The highest BCUT2D eigenvalue weighted by Crippen LogP contribution is 2.30. The topological polar surface area (TPSA) is 118 Å². The summed E-state index contributed by atoms with van der Waals surface area (Å²) in [5, 5.41) is -6.09. The highest BCUT2D eigenvalue weighted by Gasteiger charge is 2.59. The molecule has 18 heavy (non-hydrogen) atoms. The largest absolute Gasteiger partial charge is 0.411 e. The van der Waals surface area contributed by atoms with E-state index in [1.165, 1.54) is 6.92 Å². The summed E-state index contributed by atoms with van der Waals surface area (Å²) in [5.74, 6) is 0. The molecule has 0 aliphatic rings.